The first-order chi connectivity index (χ1) is 16.5. The van der Waals surface area contributed by atoms with Gasteiger partial charge in [0.2, 0.25) is 0 Å². The van der Waals surface area contributed by atoms with Gasteiger partial charge in [0.25, 0.3) is 0 Å². The minimum absolute atomic E-state index is 0.184. The van der Waals surface area contributed by atoms with E-state index >= 15 is 0 Å². The first-order valence-corrected chi connectivity index (χ1v) is 19.2. The maximum absolute atomic E-state index is 6.27. The van der Waals surface area contributed by atoms with Crippen LogP contribution in [-0.4, -0.2) is 94.2 Å². The van der Waals surface area contributed by atoms with Crippen LogP contribution in [0.15, 0.2) is 0 Å². The lowest BCUT2D eigenvalue weighted by Crippen LogP contribution is -2.47. The van der Waals surface area contributed by atoms with E-state index in [0.717, 1.165) is 24.3 Å². The van der Waals surface area contributed by atoms with E-state index in [9.17, 15) is 0 Å². The van der Waals surface area contributed by atoms with Gasteiger partial charge < -0.3 is 36.0 Å². The molecule has 0 aromatic heterocycles. The third kappa shape index (κ3) is 12.9. The molecule has 0 N–H and O–H groups in total. The first kappa shape index (κ1) is 32.8. The molecule has 0 radical (unpaired) electrons. The van der Waals surface area contributed by atoms with Gasteiger partial charge in [-0.05, 0) is 54.4 Å². The van der Waals surface area contributed by atoms with Gasteiger partial charge in [0.1, 0.15) is 0 Å². The molecular formula is C22H48O8S2Si2. The van der Waals surface area contributed by atoms with E-state index < -0.39 is 17.6 Å². The molecule has 0 aliphatic carbocycles. The van der Waals surface area contributed by atoms with Gasteiger partial charge in [-0.1, -0.05) is 21.6 Å². The van der Waals surface area contributed by atoms with Crippen LogP contribution in [-0.2, 0) is 36.0 Å². The molecule has 1 saturated heterocycles. The van der Waals surface area contributed by atoms with Crippen LogP contribution < -0.4 is 0 Å². The lowest BCUT2D eigenvalue weighted by Gasteiger charge is -2.30. The van der Waals surface area contributed by atoms with Gasteiger partial charge in [0.15, 0.2) is 0 Å². The van der Waals surface area contributed by atoms with Crippen LogP contribution in [0.2, 0.25) is 12.1 Å². The largest absolute Gasteiger partial charge is 0.503 e. The predicted octanol–water partition coefficient (Wildman–Crippen LogP) is 5.03. The van der Waals surface area contributed by atoms with Crippen molar-refractivity contribution in [3.8, 4) is 0 Å². The van der Waals surface area contributed by atoms with E-state index in [0.29, 0.717) is 64.9 Å². The Hall–Kier alpha value is 0.814. The van der Waals surface area contributed by atoms with Crippen molar-refractivity contribution in [3.05, 3.63) is 0 Å². The lowest BCUT2D eigenvalue weighted by molar-refractivity contribution is 0.0175. The smallest absolute Gasteiger partial charge is 0.377 e. The molecule has 1 aliphatic rings. The Morgan fingerprint density at radius 2 is 0.824 bits per heavy atom. The minimum atomic E-state index is -2.67. The van der Waals surface area contributed by atoms with Crippen LogP contribution in [0.4, 0.5) is 0 Å². The highest BCUT2D eigenvalue weighted by molar-refractivity contribution is 8.76. The van der Waals surface area contributed by atoms with Crippen LogP contribution in [0.3, 0.4) is 0 Å². The zero-order chi connectivity index (χ0) is 25.1. The van der Waals surface area contributed by atoms with Gasteiger partial charge in [-0.2, -0.15) is 0 Å². The van der Waals surface area contributed by atoms with Crippen LogP contribution >= 0.6 is 21.6 Å². The van der Waals surface area contributed by atoms with E-state index in [-0.39, 0.29) is 12.2 Å². The minimum Gasteiger partial charge on any atom is -0.377 e. The fourth-order valence-electron chi connectivity index (χ4n) is 3.75. The summed E-state index contributed by atoms with van der Waals surface area (Å²) in [6.45, 7) is 16.5. The molecule has 1 heterocycles. The predicted molar refractivity (Wildman–Crippen MR) is 145 cm³/mol. The molecule has 0 saturated carbocycles. The first-order valence-electron chi connectivity index (χ1n) is 12.8. The van der Waals surface area contributed by atoms with Crippen molar-refractivity contribution >= 4 is 39.2 Å². The second-order valence-electron chi connectivity index (χ2n) is 7.60. The monoisotopic (exact) mass is 560 g/mol. The molecule has 0 aromatic carbocycles. The molecule has 0 amide bonds. The van der Waals surface area contributed by atoms with Crippen LogP contribution in [0, 0.1) is 0 Å². The number of rotatable bonds is 20. The lowest BCUT2D eigenvalue weighted by atomic mass is 10.1. The summed E-state index contributed by atoms with van der Waals surface area (Å²) in [5.41, 5.74) is 0. The molecule has 1 fully saturated rings. The molecule has 0 spiro atoms. The summed E-state index contributed by atoms with van der Waals surface area (Å²) in [5, 5.41) is 0. The molecular weight excluding hydrogens is 513 g/mol. The zero-order valence-electron chi connectivity index (χ0n) is 22.1. The van der Waals surface area contributed by atoms with E-state index in [1.165, 1.54) is 0 Å². The van der Waals surface area contributed by atoms with Crippen LogP contribution in [0.25, 0.3) is 0 Å². The van der Waals surface area contributed by atoms with Crippen molar-refractivity contribution in [2.45, 2.75) is 78.7 Å². The zero-order valence-corrected chi connectivity index (χ0v) is 25.8. The number of ether oxygens (including phenoxy) is 2. The van der Waals surface area contributed by atoms with Crippen LogP contribution in [0.5, 0.6) is 0 Å². The fraction of sp³-hybridized carbons (Fsp3) is 1.00. The molecule has 0 aromatic rings. The van der Waals surface area contributed by atoms with E-state index in [1.807, 2.05) is 63.1 Å². The average Bonchev–Trinajstić information content (AvgIpc) is 2.78. The third-order valence-electron chi connectivity index (χ3n) is 5.11. The van der Waals surface area contributed by atoms with Gasteiger partial charge in [-0.15, -0.1) is 0 Å². The van der Waals surface area contributed by atoms with Crippen LogP contribution in [0.1, 0.15) is 54.4 Å². The Morgan fingerprint density at radius 3 is 1.09 bits per heavy atom. The molecule has 2 unspecified atom stereocenters. The summed E-state index contributed by atoms with van der Waals surface area (Å²) in [6.07, 6.45) is 2.30. The van der Waals surface area contributed by atoms with Crippen molar-refractivity contribution in [1.82, 2.24) is 0 Å². The molecule has 0 bridgehead atoms. The van der Waals surface area contributed by atoms with E-state index in [1.54, 1.807) is 0 Å². The Morgan fingerprint density at radius 1 is 0.529 bits per heavy atom. The normalized spacial score (nSPS) is 20.3. The van der Waals surface area contributed by atoms with E-state index in [2.05, 4.69) is 0 Å². The van der Waals surface area contributed by atoms with Crippen molar-refractivity contribution < 1.29 is 36.0 Å². The van der Waals surface area contributed by atoms with Gasteiger partial charge in [0, 0.05) is 63.2 Å². The highest BCUT2D eigenvalue weighted by Gasteiger charge is 2.41. The van der Waals surface area contributed by atoms with Gasteiger partial charge in [-0.3, -0.25) is 0 Å². The summed E-state index contributed by atoms with van der Waals surface area (Å²) in [5.74, 6) is 1.94. The Labute approximate surface area is 217 Å². The summed E-state index contributed by atoms with van der Waals surface area (Å²) in [7, 11) is -1.62. The fourth-order valence-corrected chi connectivity index (χ4v) is 11.0. The average molecular weight is 561 g/mol. The van der Waals surface area contributed by atoms with Crippen molar-refractivity contribution in [2.75, 3.05) is 64.4 Å². The topological polar surface area (TPSA) is 73.8 Å². The quantitative estimate of drug-likeness (QED) is 0.149. The molecule has 34 heavy (non-hydrogen) atoms. The highest BCUT2D eigenvalue weighted by atomic mass is 33.1. The maximum atomic E-state index is 6.27. The Balaban J connectivity index is 2.51. The number of hydrogen-bond acceptors (Lipinski definition) is 10. The van der Waals surface area contributed by atoms with Gasteiger partial charge in [-0.25, -0.2) is 0 Å². The molecule has 1 rings (SSSR count). The van der Waals surface area contributed by atoms with Crippen molar-refractivity contribution in [2.24, 2.45) is 0 Å². The standard InChI is InChI=1S/C22H48O8S2Si2/c1-7-25-33(26-8-2,27-9-3)17-15-23-21-13-14-22(20-32-31-19-21)24-16-18-34(28-10-4,29-11-5)30-12-6/h21-22H,7-20H2,1-6H3. The Kier molecular flexibility index (Phi) is 19.2. The SMILES string of the molecule is CCO[Si](CCOC1CCC(OCC[Si](OCC)(OCC)OCC)CSSC1)(OCC)OCC. The second-order valence-corrected chi connectivity index (χ2v) is 15.6. The molecule has 12 heteroatoms. The summed E-state index contributed by atoms with van der Waals surface area (Å²) >= 11 is 0. The second kappa shape index (κ2) is 19.9. The molecule has 8 nitrogen and oxygen atoms in total. The molecule has 204 valence electrons. The number of hydrogen-bond donors (Lipinski definition) is 0. The summed E-state index contributed by atoms with van der Waals surface area (Å²) in [4.78, 5) is 0. The van der Waals surface area contributed by atoms with Crippen molar-refractivity contribution in [1.29, 1.82) is 0 Å². The Bertz CT molecular complexity index is 420. The van der Waals surface area contributed by atoms with Crippen molar-refractivity contribution in [3.63, 3.8) is 0 Å². The summed E-state index contributed by atoms with van der Waals surface area (Å²) < 4.78 is 48.2. The van der Waals surface area contributed by atoms with E-state index in [4.69, 9.17) is 36.0 Å². The van der Waals surface area contributed by atoms with Gasteiger partial charge >= 0.3 is 17.6 Å². The maximum Gasteiger partial charge on any atom is 0.503 e. The summed E-state index contributed by atoms with van der Waals surface area (Å²) in [6, 6.07) is 1.35. The molecule has 2 atom stereocenters. The van der Waals surface area contributed by atoms with Gasteiger partial charge in [0.05, 0.1) is 25.4 Å². The molecule has 1 aliphatic heterocycles. The highest BCUT2D eigenvalue weighted by Crippen LogP contribution is 2.31. The third-order valence-corrected chi connectivity index (χ3v) is 13.6.